The molecule has 3 aromatic rings. The molecule has 4 rings (SSSR count). The Morgan fingerprint density at radius 2 is 2.08 bits per heavy atom. The van der Waals surface area contributed by atoms with Crippen LogP contribution in [-0.4, -0.2) is 46.3 Å². The van der Waals surface area contributed by atoms with Gasteiger partial charge < -0.3 is 14.5 Å². The Balaban J connectivity index is 1.67. The molecule has 0 aliphatic carbocycles. The lowest BCUT2D eigenvalue weighted by atomic mass is 9.92. The van der Waals surface area contributed by atoms with Crippen molar-refractivity contribution in [1.29, 1.82) is 0 Å². The van der Waals surface area contributed by atoms with E-state index in [2.05, 4.69) is 28.6 Å². The minimum atomic E-state index is -0.335. The summed E-state index contributed by atoms with van der Waals surface area (Å²) >= 11 is 6.57. The highest BCUT2D eigenvalue weighted by atomic mass is 35.5. The molecule has 2 aromatic heterocycles. The summed E-state index contributed by atoms with van der Waals surface area (Å²) in [5.74, 6) is 0.825. The molecule has 1 amide bonds. The van der Waals surface area contributed by atoms with E-state index < -0.39 is 0 Å². The van der Waals surface area contributed by atoms with Crippen molar-refractivity contribution in [3.05, 3.63) is 82.8 Å². The number of fused-ring (bicyclic) bond motifs is 1. The van der Waals surface area contributed by atoms with Gasteiger partial charge in [0, 0.05) is 72.9 Å². The average molecular weight is 505 g/mol. The van der Waals surface area contributed by atoms with Crippen molar-refractivity contribution in [2.24, 2.45) is 5.41 Å². The van der Waals surface area contributed by atoms with Crippen LogP contribution >= 0.6 is 11.6 Å². The van der Waals surface area contributed by atoms with Crippen LogP contribution in [0.25, 0.3) is 16.6 Å². The van der Waals surface area contributed by atoms with Gasteiger partial charge in [-0.1, -0.05) is 50.2 Å². The van der Waals surface area contributed by atoms with E-state index in [0.29, 0.717) is 17.3 Å². The number of hydrogen-bond acceptors (Lipinski definition) is 5. The van der Waals surface area contributed by atoms with Crippen LogP contribution in [0.3, 0.4) is 0 Å². The van der Waals surface area contributed by atoms with E-state index in [0.717, 1.165) is 51.9 Å². The maximum atomic E-state index is 12.8. The van der Waals surface area contributed by atoms with Crippen molar-refractivity contribution in [2.75, 3.05) is 20.6 Å². The van der Waals surface area contributed by atoms with E-state index in [1.165, 1.54) is 0 Å². The molecular weight excluding hydrogens is 472 g/mol. The van der Waals surface area contributed by atoms with Crippen molar-refractivity contribution in [2.45, 2.75) is 40.3 Å². The number of rotatable bonds is 8. The quantitative estimate of drug-likeness (QED) is 0.351. The second-order valence-corrected chi connectivity index (χ2v) is 10.5. The summed E-state index contributed by atoms with van der Waals surface area (Å²) in [4.78, 5) is 25.8. The van der Waals surface area contributed by atoms with Gasteiger partial charge in [-0.25, -0.2) is 4.98 Å². The van der Waals surface area contributed by atoms with Crippen LogP contribution in [0.5, 0.6) is 5.75 Å². The molecule has 1 aliphatic rings. The van der Waals surface area contributed by atoms with Crippen molar-refractivity contribution in [1.82, 2.24) is 19.8 Å². The molecule has 7 heteroatoms. The number of aryl methyl sites for hydroxylation is 1. The number of pyridine rings is 2. The second-order valence-electron chi connectivity index (χ2n) is 10.1. The third-order valence-corrected chi connectivity index (χ3v) is 6.99. The lowest BCUT2D eigenvalue weighted by molar-refractivity contribution is -0.135. The van der Waals surface area contributed by atoms with Gasteiger partial charge in [-0.05, 0) is 37.1 Å². The molecule has 0 unspecified atom stereocenters. The van der Waals surface area contributed by atoms with Crippen LogP contribution < -0.4 is 4.74 Å². The Morgan fingerprint density at radius 1 is 1.31 bits per heavy atom. The van der Waals surface area contributed by atoms with E-state index in [1.807, 2.05) is 58.0 Å². The van der Waals surface area contributed by atoms with Gasteiger partial charge in [-0.3, -0.25) is 9.78 Å². The summed E-state index contributed by atoms with van der Waals surface area (Å²) < 4.78 is 6.34. The highest BCUT2D eigenvalue weighted by molar-refractivity contribution is 6.31. The van der Waals surface area contributed by atoms with Crippen LogP contribution in [-0.2, 0) is 17.9 Å². The number of aromatic nitrogens is 2. The summed E-state index contributed by atoms with van der Waals surface area (Å²) in [6, 6.07) is 8.02. The van der Waals surface area contributed by atoms with Gasteiger partial charge in [0.05, 0.1) is 5.02 Å². The first kappa shape index (κ1) is 25.7. The Morgan fingerprint density at radius 3 is 2.75 bits per heavy atom. The summed E-state index contributed by atoms with van der Waals surface area (Å²) in [5.41, 5.74) is 5.16. The predicted octanol–water partition coefficient (Wildman–Crippen LogP) is 6.02. The molecule has 1 fully saturated rings. The highest BCUT2D eigenvalue weighted by Gasteiger charge is 2.38. The minimum Gasteiger partial charge on any atom is -0.487 e. The lowest BCUT2D eigenvalue weighted by Gasteiger charge is -2.22. The van der Waals surface area contributed by atoms with Crippen LogP contribution in [0.4, 0.5) is 0 Å². The van der Waals surface area contributed by atoms with Crippen LogP contribution in [0.2, 0.25) is 5.02 Å². The molecule has 1 aliphatic heterocycles. The summed E-state index contributed by atoms with van der Waals surface area (Å²) in [7, 11) is 4.02. The predicted molar refractivity (Wildman–Crippen MR) is 146 cm³/mol. The van der Waals surface area contributed by atoms with Crippen molar-refractivity contribution in [3.63, 3.8) is 0 Å². The number of ether oxygens (including phenoxy) is 1. The fourth-order valence-electron chi connectivity index (χ4n) is 4.63. The van der Waals surface area contributed by atoms with Crippen molar-refractivity contribution < 1.29 is 9.53 Å². The molecule has 3 heterocycles. The van der Waals surface area contributed by atoms with Crippen LogP contribution in [0.1, 0.15) is 42.7 Å². The largest absolute Gasteiger partial charge is 0.487 e. The molecule has 1 aromatic carbocycles. The van der Waals surface area contributed by atoms with Gasteiger partial charge >= 0.3 is 0 Å². The monoisotopic (exact) mass is 504 g/mol. The van der Waals surface area contributed by atoms with Crippen molar-refractivity contribution in [3.8, 4) is 5.75 Å². The van der Waals surface area contributed by atoms with Crippen LogP contribution in [0, 0.1) is 12.3 Å². The number of para-hydroxylation sites is 1. The number of benzene rings is 1. The third-order valence-electron chi connectivity index (χ3n) is 6.66. The Labute approximate surface area is 218 Å². The molecule has 36 heavy (non-hydrogen) atoms. The lowest BCUT2D eigenvalue weighted by Crippen LogP contribution is -2.31. The molecule has 0 radical (unpaired) electrons. The Kier molecular flexibility index (Phi) is 7.36. The number of allylic oxidation sites excluding steroid dienone is 2. The Hall–Kier alpha value is -3.38. The first-order valence-electron chi connectivity index (χ1n) is 12.1. The van der Waals surface area contributed by atoms with E-state index in [9.17, 15) is 4.79 Å². The van der Waals surface area contributed by atoms with Crippen molar-refractivity contribution >= 4 is 34.1 Å². The van der Waals surface area contributed by atoms with Crippen LogP contribution in [0.15, 0.2) is 55.4 Å². The number of hydrogen-bond donors (Lipinski definition) is 0. The van der Waals surface area contributed by atoms with Gasteiger partial charge in [-0.2, -0.15) is 0 Å². The third kappa shape index (κ3) is 5.09. The first-order valence-corrected chi connectivity index (χ1v) is 12.4. The maximum Gasteiger partial charge on any atom is 0.228 e. The molecule has 0 spiro atoms. The molecule has 0 bridgehead atoms. The van der Waals surface area contributed by atoms with E-state index in [4.69, 9.17) is 21.3 Å². The van der Waals surface area contributed by atoms with Gasteiger partial charge in [0.25, 0.3) is 0 Å². The number of carbonyl (C=O) groups is 1. The number of carbonyl (C=O) groups excluding carboxylic acids is 1. The second kappa shape index (κ2) is 10.3. The van der Waals surface area contributed by atoms with E-state index in [-0.39, 0.29) is 17.9 Å². The number of amides is 1. The summed E-state index contributed by atoms with van der Waals surface area (Å²) in [5, 5.41) is 1.51. The zero-order valence-corrected chi connectivity index (χ0v) is 22.4. The normalized spacial score (nSPS) is 15.4. The maximum absolute atomic E-state index is 12.8. The molecular formula is C29H33ClN4O2. The fourth-order valence-corrected chi connectivity index (χ4v) is 4.86. The van der Waals surface area contributed by atoms with Gasteiger partial charge in [0.15, 0.2) is 0 Å². The topological polar surface area (TPSA) is 58.6 Å². The summed E-state index contributed by atoms with van der Waals surface area (Å²) in [6.07, 6.45) is 8.01. The molecule has 0 atom stereocenters. The van der Waals surface area contributed by atoms with Gasteiger partial charge in [-0.15, -0.1) is 0 Å². The average Bonchev–Trinajstić information content (AvgIpc) is 3.08. The molecule has 6 nitrogen and oxygen atoms in total. The fraction of sp³-hybridized carbons (Fsp3) is 0.345. The highest BCUT2D eigenvalue weighted by Crippen LogP contribution is 2.34. The zero-order valence-electron chi connectivity index (χ0n) is 21.6. The van der Waals surface area contributed by atoms with Gasteiger partial charge in [0.1, 0.15) is 17.9 Å². The molecule has 0 N–H and O–H groups in total. The molecule has 1 saturated heterocycles. The summed E-state index contributed by atoms with van der Waals surface area (Å²) in [6.45, 7) is 11.3. The minimum absolute atomic E-state index is 0.153. The van der Waals surface area contributed by atoms with E-state index >= 15 is 0 Å². The first-order chi connectivity index (χ1) is 17.1. The van der Waals surface area contributed by atoms with Gasteiger partial charge in [0.2, 0.25) is 5.91 Å². The number of nitrogens with zero attached hydrogens (tertiary/aromatic N) is 4. The SMILES string of the molecule is C=C/C=C(/c1cc(C)nc2c(OCc3c(Cl)cncc3CN3CCC(C)(C)C3=O)cccc12)N(C)C. The smallest absolute Gasteiger partial charge is 0.228 e. The Bertz CT molecular complexity index is 1350. The zero-order chi connectivity index (χ0) is 26.0. The number of halogens is 1. The van der Waals surface area contributed by atoms with E-state index in [1.54, 1.807) is 18.5 Å². The molecule has 0 saturated carbocycles. The molecule has 188 valence electrons. The number of likely N-dealkylation sites (tertiary alicyclic amines) is 1. The standard InChI is InChI=1S/C29H33ClN4O2/c1-7-9-25(33(5)6)22-14-19(2)32-27-21(22)10-8-11-26(27)36-18-23-20(15-31-16-24(23)30)17-34-13-12-29(3,4)28(34)35/h7-11,14-16H,1,12-13,17-18H2,2-6H3/b25-9-.